The lowest BCUT2D eigenvalue weighted by Gasteiger charge is -2.25. The number of anilines is 1. The molecule has 0 aliphatic carbocycles. The molecule has 1 amide bonds. The van der Waals surface area contributed by atoms with Gasteiger partial charge in [-0.3, -0.25) is 4.79 Å². The molecule has 0 saturated heterocycles. The van der Waals surface area contributed by atoms with Gasteiger partial charge in [-0.15, -0.1) is 0 Å². The first-order valence-electron chi connectivity index (χ1n) is 5.44. The number of hydrogen-bond donors (Lipinski definition) is 1. The molecule has 0 aliphatic heterocycles. The van der Waals surface area contributed by atoms with Crippen LogP contribution in [0.1, 0.15) is 31.1 Å². The van der Waals surface area contributed by atoms with Gasteiger partial charge < -0.3 is 10.6 Å². The lowest BCUT2D eigenvalue weighted by molar-refractivity contribution is 0.0716. The summed E-state index contributed by atoms with van der Waals surface area (Å²) >= 11 is 3.19. The molecule has 0 heterocycles. The molecule has 1 rings (SSSR count). The van der Waals surface area contributed by atoms with Crippen molar-refractivity contribution in [2.45, 2.75) is 26.8 Å². The minimum absolute atomic E-state index is 0.0173. The summed E-state index contributed by atoms with van der Waals surface area (Å²) in [6.07, 6.45) is 0. The fraction of sp³-hybridized carbons (Fsp3) is 0.417. The van der Waals surface area contributed by atoms with Crippen molar-refractivity contribution in [1.82, 2.24) is 4.90 Å². The molecular formula is C12H16BrFN2O. The van der Waals surface area contributed by atoms with E-state index >= 15 is 0 Å². The van der Waals surface area contributed by atoms with Crippen molar-refractivity contribution in [3.05, 3.63) is 28.0 Å². The van der Waals surface area contributed by atoms with Crippen molar-refractivity contribution in [1.29, 1.82) is 0 Å². The summed E-state index contributed by atoms with van der Waals surface area (Å²) in [5.74, 6) is -0.679. The van der Waals surface area contributed by atoms with E-state index in [1.807, 2.05) is 20.8 Å². The van der Waals surface area contributed by atoms with E-state index in [0.29, 0.717) is 16.6 Å². The molecule has 94 valence electrons. The van der Waals surface area contributed by atoms with Crippen LogP contribution in [0.2, 0.25) is 0 Å². The van der Waals surface area contributed by atoms with E-state index < -0.39 is 5.82 Å². The van der Waals surface area contributed by atoms with Gasteiger partial charge in [0.2, 0.25) is 0 Å². The van der Waals surface area contributed by atoms with E-state index in [9.17, 15) is 9.18 Å². The fourth-order valence-corrected chi connectivity index (χ4v) is 2.11. The van der Waals surface area contributed by atoms with Crippen LogP contribution in [-0.4, -0.2) is 23.4 Å². The van der Waals surface area contributed by atoms with Crippen molar-refractivity contribution >= 4 is 27.5 Å². The molecule has 3 nitrogen and oxygen atoms in total. The van der Waals surface area contributed by atoms with Crippen molar-refractivity contribution in [2.75, 3.05) is 12.3 Å². The summed E-state index contributed by atoms with van der Waals surface area (Å²) in [6.45, 7) is 6.36. The highest BCUT2D eigenvalue weighted by molar-refractivity contribution is 9.10. The number of nitrogens with two attached hydrogens (primary N) is 1. The summed E-state index contributed by atoms with van der Waals surface area (Å²) in [5, 5.41) is 0. The Morgan fingerprint density at radius 3 is 2.59 bits per heavy atom. The third-order valence-electron chi connectivity index (χ3n) is 2.54. The van der Waals surface area contributed by atoms with E-state index in [-0.39, 0.29) is 17.6 Å². The minimum atomic E-state index is -0.527. The summed E-state index contributed by atoms with van der Waals surface area (Å²) in [6, 6.07) is 2.68. The van der Waals surface area contributed by atoms with E-state index in [1.165, 1.54) is 12.1 Å². The summed E-state index contributed by atoms with van der Waals surface area (Å²) < 4.78 is 13.6. The van der Waals surface area contributed by atoms with Gasteiger partial charge in [0.1, 0.15) is 5.82 Å². The lowest BCUT2D eigenvalue weighted by atomic mass is 10.1. The molecule has 17 heavy (non-hydrogen) atoms. The van der Waals surface area contributed by atoms with Crippen molar-refractivity contribution < 1.29 is 9.18 Å². The molecule has 0 atom stereocenters. The lowest BCUT2D eigenvalue weighted by Crippen LogP contribution is -2.36. The Kier molecular flexibility index (Phi) is 4.51. The van der Waals surface area contributed by atoms with Crippen LogP contribution in [0.15, 0.2) is 16.6 Å². The molecule has 0 radical (unpaired) electrons. The highest BCUT2D eigenvalue weighted by Gasteiger charge is 2.20. The molecule has 2 N–H and O–H groups in total. The predicted octanol–water partition coefficient (Wildman–Crippen LogP) is 3.04. The number of hydrogen-bond acceptors (Lipinski definition) is 2. The second-order valence-corrected chi connectivity index (χ2v) is 4.89. The average molecular weight is 303 g/mol. The SMILES string of the molecule is CCN(C(=O)c1cc(N)c(F)cc1Br)C(C)C. The zero-order valence-corrected chi connectivity index (χ0v) is 11.7. The molecule has 1 aromatic rings. The molecule has 1 aromatic carbocycles. The molecule has 0 spiro atoms. The topological polar surface area (TPSA) is 46.3 Å². The van der Waals surface area contributed by atoms with Crippen molar-refractivity contribution in [2.24, 2.45) is 0 Å². The maximum absolute atomic E-state index is 13.2. The van der Waals surface area contributed by atoms with E-state index in [0.717, 1.165) is 0 Å². The molecule has 0 aliphatic rings. The molecule has 5 heteroatoms. The van der Waals surface area contributed by atoms with Gasteiger partial charge in [-0.05, 0) is 48.8 Å². The molecule has 0 fully saturated rings. The Labute approximate surface area is 109 Å². The highest BCUT2D eigenvalue weighted by atomic mass is 79.9. The van der Waals surface area contributed by atoms with Crippen LogP contribution in [0, 0.1) is 5.82 Å². The van der Waals surface area contributed by atoms with Crippen LogP contribution in [0.4, 0.5) is 10.1 Å². The van der Waals surface area contributed by atoms with Crippen LogP contribution in [0.5, 0.6) is 0 Å². The van der Waals surface area contributed by atoms with Gasteiger partial charge in [-0.2, -0.15) is 0 Å². The molecule has 0 aromatic heterocycles. The van der Waals surface area contributed by atoms with Crippen LogP contribution < -0.4 is 5.73 Å². The Morgan fingerprint density at radius 2 is 2.12 bits per heavy atom. The van der Waals surface area contributed by atoms with Gasteiger partial charge in [-0.1, -0.05) is 0 Å². The normalized spacial score (nSPS) is 10.7. The maximum atomic E-state index is 13.2. The number of nitrogens with zero attached hydrogens (tertiary/aromatic N) is 1. The van der Waals surface area contributed by atoms with Crippen LogP contribution in [-0.2, 0) is 0 Å². The van der Waals surface area contributed by atoms with Gasteiger partial charge in [0.25, 0.3) is 5.91 Å². The third kappa shape index (κ3) is 2.97. The largest absolute Gasteiger partial charge is 0.396 e. The number of benzene rings is 1. The second-order valence-electron chi connectivity index (χ2n) is 4.04. The minimum Gasteiger partial charge on any atom is -0.396 e. The van der Waals surface area contributed by atoms with Gasteiger partial charge in [-0.25, -0.2) is 4.39 Å². The Morgan fingerprint density at radius 1 is 1.53 bits per heavy atom. The Balaban J connectivity index is 3.16. The number of rotatable bonds is 3. The van der Waals surface area contributed by atoms with Crippen LogP contribution in [0.3, 0.4) is 0 Å². The first-order chi connectivity index (χ1) is 7.88. The zero-order valence-electron chi connectivity index (χ0n) is 10.1. The Bertz CT molecular complexity index is 435. The van der Waals surface area contributed by atoms with Gasteiger partial charge in [0.15, 0.2) is 0 Å². The molecular weight excluding hydrogens is 287 g/mol. The average Bonchev–Trinajstić information content (AvgIpc) is 2.23. The van der Waals surface area contributed by atoms with Crippen molar-refractivity contribution in [3.63, 3.8) is 0 Å². The predicted molar refractivity (Wildman–Crippen MR) is 70.4 cm³/mol. The summed E-state index contributed by atoms with van der Waals surface area (Å²) in [7, 11) is 0. The van der Waals surface area contributed by atoms with Gasteiger partial charge in [0, 0.05) is 17.1 Å². The van der Waals surface area contributed by atoms with Crippen molar-refractivity contribution in [3.8, 4) is 0 Å². The van der Waals surface area contributed by atoms with Gasteiger partial charge in [0.05, 0.1) is 11.3 Å². The number of carbonyl (C=O) groups excluding carboxylic acids is 1. The Hall–Kier alpha value is -1.10. The maximum Gasteiger partial charge on any atom is 0.255 e. The number of halogens is 2. The standard InChI is InChI=1S/C12H16BrFN2O/c1-4-16(7(2)3)12(17)8-5-11(15)10(14)6-9(8)13/h5-7H,4,15H2,1-3H3. The fourth-order valence-electron chi connectivity index (χ4n) is 1.63. The number of nitrogen functional groups attached to an aromatic ring is 1. The molecule has 0 bridgehead atoms. The number of carbonyl (C=O) groups is 1. The van der Waals surface area contributed by atoms with Crippen LogP contribution >= 0.6 is 15.9 Å². The monoisotopic (exact) mass is 302 g/mol. The number of amides is 1. The molecule has 0 unspecified atom stereocenters. The van der Waals surface area contributed by atoms with E-state index in [1.54, 1.807) is 4.90 Å². The smallest absolute Gasteiger partial charge is 0.255 e. The summed E-state index contributed by atoms with van der Waals surface area (Å²) in [4.78, 5) is 13.9. The first kappa shape index (κ1) is 14.0. The zero-order chi connectivity index (χ0) is 13.2. The van der Waals surface area contributed by atoms with Crippen LogP contribution in [0.25, 0.3) is 0 Å². The highest BCUT2D eigenvalue weighted by Crippen LogP contribution is 2.24. The van der Waals surface area contributed by atoms with E-state index in [4.69, 9.17) is 5.73 Å². The van der Waals surface area contributed by atoms with E-state index in [2.05, 4.69) is 15.9 Å². The van der Waals surface area contributed by atoms with Gasteiger partial charge >= 0.3 is 0 Å². The summed E-state index contributed by atoms with van der Waals surface area (Å²) in [5.41, 5.74) is 5.85. The third-order valence-corrected chi connectivity index (χ3v) is 3.20. The first-order valence-corrected chi connectivity index (χ1v) is 6.23. The second kappa shape index (κ2) is 5.49. The molecule has 0 saturated carbocycles. The quantitative estimate of drug-likeness (QED) is 0.872.